The van der Waals surface area contributed by atoms with E-state index in [-0.39, 0.29) is 24.1 Å². The van der Waals surface area contributed by atoms with E-state index in [1.165, 1.54) is 0 Å². The van der Waals surface area contributed by atoms with Crippen LogP contribution in [0.5, 0.6) is 0 Å². The van der Waals surface area contributed by atoms with E-state index in [4.69, 9.17) is 19.3 Å². The SMILES string of the molecule is O=C(CO)OCC(=O)OC1C2CC3C(=O)OC1C3O2. The Bertz CT molecular complexity index is 432. The average Bonchev–Trinajstić information content (AvgIpc) is 3.00. The van der Waals surface area contributed by atoms with Crippen LogP contribution < -0.4 is 0 Å². The molecule has 0 aromatic heterocycles. The van der Waals surface area contributed by atoms with Crippen molar-refractivity contribution in [2.75, 3.05) is 13.2 Å². The molecule has 8 nitrogen and oxygen atoms in total. The average molecular weight is 272 g/mol. The van der Waals surface area contributed by atoms with Gasteiger partial charge in [-0.3, -0.25) is 4.79 Å². The maximum atomic E-state index is 11.5. The van der Waals surface area contributed by atoms with Crippen molar-refractivity contribution in [1.82, 2.24) is 0 Å². The van der Waals surface area contributed by atoms with Gasteiger partial charge in [0.25, 0.3) is 0 Å². The Morgan fingerprint density at radius 3 is 2.84 bits per heavy atom. The summed E-state index contributed by atoms with van der Waals surface area (Å²) in [5, 5.41) is 8.43. The van der Waals surface area contributed by atoms with Gasteiger partial charge in [0, 0.05) is 0 Å². The van der Waals surface area contributed by atoms with E-state index < -0.39 is 37.4 Å². The second kappa shape index (κ2) is 4.46. The van der Waals surface area contributed by atoms with Gasteiger partial charge < -0.3 is 24.1 Å². The van der Waals surface area contributed by atoms with Crippen LogP contribution in [0.2, 0.25) is 0 Å². The Balaban J connectivity index is 1.55. The zero-order valence-electron chi connectivity index (χ0n) is 9.81. The number of aliphatic hydroxyl groups excluding tert-OH is 1. The van der Waals surface area contributed by atoms with E-state index in [0.717, 1.165) is 0 Å². The summed E-state index contributed by atoms with van der Waals surface area (Å²) >= 11 is 0. The highest BCUT2D eigenvalue weighted by Gasteiger charge is 2.65. The van der Waals surface area contributed by atoms with Crippen LogP contribution in [0, 0.1) is 5.92 Å². The molecule has 0 radical (unpaired) electrons. The number of aliphatic hydroxyl groups is 1. The zero-order valence-corrected chi connectivity index (χ0v) is 9.81. The molecule has 0 spiro atoms. The number of hydrogen-bond donors (Lipinski definition) is 1. The third-order valence-electron chi connectivity index (χ3n) is 3.53. The van der Waals surface area contributed by atoms with Crippen molar-refractivity contribution < 1.29 is 38.4 Å². The largest absolute Gasteiger partial charge is 0.455 e. The lowest BCUT2D eigenvalue weighted by Crippen LogP contribution is -2.40. The number of fused-ring (bicyclic) bond motifs is 1. The molecule has 0 aromatic carbocycles. The Kier molecular flexibility index (Phi) is 2.90. The van der Waals surface area contributed by atoms with Crippen LogP contribution in [0.15, 0.2) is 0 Å². The summed E-state index contributed by atoms with van der Waals surface area (Å²) in [6.07, 6.45) is -1.41. The molecule has 3 aliphatic heterocycles. The molecule has 0 aliphatic carbocycles. The Morgan fingerprint density at radius 2 is 2.11 bits per heavy atom. The minimum Gasteiger partial charge on any atom is -0.455 e. The van der Waals surface area contributed by atoms with Crippen molar-refractivity contribution in [1.29, 1.82) is 0 Å². The number of carbonyl (C=O) groups excluding carboxylic acids is 3. The topological polar surface area (TPSA) is 108 Å². The molecule has 3 aliphatic rings. The van der Waals surface area contributed by atoms with Crippen molar-refractivity contribution in [2.45, 2.75) is 30.8 Å². The number of rotatable bonds is 4. The fourth-order valence-corrected chi connectivity index (χ4v) is 2.75. The van der Waals surface area contributed by atoms with E-state index in [1.807, 2.05) is 0 Å². The van der Waals surface area contributed by atoms with Crippen molar-refractivity contribution >= 4 is 17.9 Å². The first-order valence-corrected chi connectivity index (χ1v) is 5.92. The maximum absolute atomic E-state index is 11.5. The van der Waals surface area contributed by atoms with Gasteiger partial charge in [0.2, 0.25) is 0 Å². The second-order valence-corrected chi connectivity index (χ2v) is 4.66. The molecule has 0 aromatic rings. The van der Waals surface area contributed by atoms with Gasteiger partial charge in [0.05, 0.1) is 12.0 Å². The smallest absolute Gasteiger partial charge is 0.344 e. The molecule has 2 bridgehead atoms. The summed E-state index contributed by atoms with van der Waals surface area (Å²) < 4.78 is 20.2. The van der Waals surface area contributed by atoms with Crippen molar-refractivity contribution in [3.05, 3.63) is 0 Å². The first-order valence-electron chi connectivity index (χ1n) is 5.92. The lowest BCUT2D eigenvalue weighted by atomic mass is 9.88. The van der Waals surface area contributed by atoms with Gasteiger partial charge in [0.1, 0.15) is 12.7 Å². The minimum atomic E-state index is -0.909. The van der Waals surface area contributed by atoms with Crippen LogP contribution in [0.3, 0.4) is 0 Å². The van der Waals surface area contributed by atoms with Gasteiger partial charge in [-0.15, -0.1) is 0 Å². The highest BCUT2D eigenvalue weighted by Crippen LogP contribution is 2.47. The first-order chi connectivity index (χ1) is 9.10. The summed E-state index contributed by atoms with van der Waals surface area (Å²) in [5.74, 6) is -2.24. The molecule has 3 heterocycles. The predicted molar refractivity (Wildman–Crippen MR) is 54.6 cm³/mol. The quantitative estimate of drug-likeness (QED) is 0.469. The van der Waals surface area contributed by atoms with Crippen LogP contribution in [0.25, 0.3) is 0 Å². The summed E-state index contributed by atoms with van der Waals surface area (Å²) in [5.41, 5.74) is 0. The van der Waals surface area contributed by atoms with Crippen molar-refractivity contribution in [2.24, 2.45) is 5.92 Å². The fourth-order valence-electron chi connectivity index (χ4n) is 2.75. The highest BCUT2D eigenvalue weighted by molar-refractivity contribution is 5.78. The van der Waals surface area contributed by atoms with Crippen LogP contribution >= 0.6 is 0 Å². The van der Waals surface area contributed by atoms with Gasteiger partial charge in [-0.1, -0.05) is 0 Å². The lowest BCUT2D eigenvalue weighted by Gasteiger charge is -2.22. The maximum Gasteiger partial charge on any atom is 0.344 e. The number of hydrogen-bond acceptors (Lipinski definition) is 8. The van der Waals surface area contributed by atoms with Crippen LogP contribution in [0.1, 0.15) is 6.42 Å². The van der Waals surface area contributed by atoms with Gasteiger partial charge in [0.15, 0.2) is 18.8 Å². The molecule has 5 unspecified atom stereocenters. The van der Waals surface area contributed by atoms with E-state index in [1.54, 1.807) is 0 Å². The molecule has 0 saturated carbocycles. The number of esters is 3. The molecule has 19 heavy (non-hydrogen) atoms. The standard InChI is InChI=1S/C11H12O8/c12-2-6(13)16-3-7(14)18-9-5-1-4-8(17-5)10(9)19-11(4)15/h4-5,8-10,12H,1-3H2. The zero-order chi connectivity index (χ0) is 13.6. The molecular formula is C11H12O8. The Labute approximate surface area is 107 Å². The summed E-state index contributed by atoms with van der Waals surface area (Å²) in [6.45, 7) is -1.39. The lowest BCUT2D eigenvalue weighted by molar-refractivity contribution is -0.169. The highest BCUT2D eigenvalue weighted by atomic mass is 16.7. The van der Waals surface area contributed by atoms with Crippen molar-refractivity contribution in [3.8, 4) is 0 Å². The van der Waals surface area contributed by atoms with Crippen LogP contribution in [-0.2, 0) is 33.3 Å². The monoisotopic (exact) mass is 272 g/mol. The molecule has 104 valence electrons. The van der Waals surface area contributed by atoms with E-state index in [2.05, 4.69) is 4.74 Å². The number of carbonyl (C=O) groups is 3. The first kappa shape index (κ1) is 12.4. The van der Waals surface area contributed by atoms with Gasteiger partial charge in [-0.05, 0) is 6.42 Å². The molecule has 3 fully saturated rings. The third kappa shape index (κ3) is 1.96. The third-order valence-corrected chi connectivity index (χ3v) is 3.53. The molecule has 1 N–H and O–H groups in total. The van der Waals surface area contributed by atoms with Gasteiger partial charge in [-0.25, -0.2) is 9.59 Å². The summed E-state index contributed by atoms with van der Waals surface area (Å²) in [6, 6.07) is 0. The van der Waals surface area contributed by atoms with Gasteiger partial charge >= 0.3 is 17.9 Å². The molecule has 5 atom stereocenters. The van der Waals surface area contributed by atoms with Crippen LogP contribution in [0.4, 0.5) is 0 Å². The van der Waals surface area contributed by atoms with E-state index in [0.29, 0.717) is 6.42 Å². The summed E-state index contributed by atoms with van der Waals surface area (Å²) in [4.78, 5) is 33.6. The molecule has 8 heteroatoms. The molecule has 0 amide bonds. The summed E-state index contributed by atoms with van der Waals surface area (Å²) in [7, 11) is 0. The molecule has 3 rings (SSSR count). The predicted octanol–water partition coefficient (Wildman–Crippen LogP) is -1.85. The molecular weight excluding hydrogens is 260 g/mol. The van der Waals surface area contributed by atoms with Gasteiger partial charge in [-0.2, -0.15) is 0 Å². The Hall–Kier alpha value is -1.67. The fraction of sp³-hybridized carbons (Fsp3) is 0.727. The number of ether oxygens (including phenoxy) is 4. The minimum absolute atomic E-state index is 0.253. The second-order valence-electron chi connectivity index (χ2n) is 4.66. The van der Waals surface area contributed by atoms with Crippen LogP contribution in [-0.4, -0.2) is 60.6 Å². The van der Waals surface area contributed by atoms with Crippen molar-refractivity contribution in [3.63, 3.8) is 0 Å². The van der Waals surface area contributed by atoms with E-state index >= 15 is 0 Å². The molecule has 3 saturated heterocycles. The Morgan fingerprint density at radius 1 is 1.32 bits per heavy atom. The van der Waals surface area contributed by atoms with E-state index in [9.17, 15) is 14.4 Å². The normalized spacial score (nSPS) is 38.2.